The van der Waals surface area contributed by atoms with Crippen LogP contribution in [-0.2, 0) is 4.79 Å². The lowest BCUT2D eigenvalue weighted by atomic mass is 10.2. The molecule has 0 aliphatic rings. The van der Waals surface area contributed by atoms with Gasteiger partial charge in [-0.2, -0.15) is 0 Å². The third-order valence-corrected chi connectivity index (χ3v) is 3.28. The molecule has 5 heteroatoms. The van der Waals surface area contributed by atoms with E-state index in [1.165, 1.54) is 6.07 Å². The van der Waals surface area contributed by atoms with E-state index < -0.39 is 5.82 Å². The van der Waals surface area contributed by atoms with Gasteiger partial charge in [0.05, 0.1) is 18.7 Å². The van der Waals surface area contributed by atoms with Crippen LogP contribution in [-0.4, -0.2) is 12.5 Å². The summed E-state index contributed by atoms with van der Waals surface area (Å²) in [6.45, 7) is 2.07. The highest BCUT2D eigenvalue weighted by Gasteiger charge is 2.07. The van der Waals surface area contributed by atoms with E-state index in [0.29, 0.717) is 5.75 Å². The van der Waals surface area contributed by atoms with Gasteiger partial charge in [0.2, 0.25) is 5.91 Å². The van der Waals surface area contributed by atoms with Gasteiger partial charge in [-0.1, -0.05) is 28.1 Å². The molecule has 2 rings (SSSR count). The van der Waals surface area contributed by atoms with Crippen LogP contribution in [0.3, 0.4) is 0 Å². The van der Waals surface area contributed by atoms with Crippen LogP contribution < -0.4 is 10.1 Å². The highest BCUT2D eigenvalue weighted by molar-refractivity contribution is 9.10. The summed E-state index contributed by atoms with van der Waals surface area (Å²) in [6, 6.07) is 12.0. The second-order valence-electron chi connectivity index (χ2n) is 4.59. The van der Waals surface area contributed by atoms with Crippen molar-refractivity contribution < 1.29 is 13.9 Å². The van der Waals surface area contributed by atoms with Gasteiger partial charge in [0.15, 0.2) is 0 Å². The molecule has 0 bridgehead atoms. The lowest BCUT2D eigenvalue weighted by molar-refractivity contribution is -0.116. The monoisotopic (exact) mass is 351 g/mol. The Labute approximate surface area is 131 Å². The molecule has 0 unspecified atom stereocenters. The van der Waals surface area contributed by atoms with Crippen LogP contribution in [0.5, 0.6) is 5.75 Å². The lowest BCUT2D eigenvalue weighted by Gasteiger charge is -2.09. The van der Waals surface area contributed by atoms with Crippen LogP contribution in [0.2, 0.25) is 0 Å². The number of benzene rings is 2. The summed E-state index contributed by atoms with van der Waals surface area (Å²) in [7, 11) is 0. The average molecular weight is 352 g/mol. The second-order valence-corrected chi connectivity index (χ2v) is 5.50. The molecule has 1 amide bonds. The molecule has 2 aromatic rings. The van der Waals surface area contributed by atoms with Crippen molar-refractivity contribution in [1.82, 2.24) is 0 Å². The van der Waals surface area contributed by atoms with Crippen molar-refractivity contribution in [3.63, 3.8) is 0 Å². The molecule has 3 nitrogen and oxygen atoms in total. The zero-order chi connectivity index (χ0) is 15.2. The summed E-state index contributed by atoms with van der Waals surface area (Å²) in [6.07, 6.45) is 0.153. The Morgan fingerprint density at radius 2 is 2.10 bits per heavy atom. The maximum Gasteiger partial charge on any atom is 0.227 e. The summed E-state index contributed by atoms with van der Waals surface area (Å²) in [4.78, 5) is 11.8. The minimum Gasteiger partial charge on any atom is -0.493 e. The highest BCUT2D eigenvalue weighted by Crippen LogP contribution is 2.18. The molecule has 110 valence electrons. The molecule has 0 aromatic heterocycles. The van der Waals surface area contributed by atoms with E-state index in [-0.39, 0.29) is 24.6 Å². The normalized spacial score (nSPS) is 10.2. The number of anilines is 1. The molecule has 21 heavy (non-hydrogen) atoms. The van der Waals surface area contributed by atoms with Crippen LogP contribution in [0.25, 0.3) is 0 Å². The molecular weight excluding hydrogens is 337 g/mol. The number of amides is 1. The molecule has 0 radical (unpaired) electrons. The highest BCUT2D eigenvalue weighted by atomic mass is 79.9. The number of carbonyl (C=O) groups excluding carboxylic acids is 1. The number of halogens is 2. The Morgan fingerprint density at radius 3 is 2.86 bits per heavy atom. The number of nitrogens with one attached hydrogen (secondary N) is 1. The Morgan fingerprint density at radius 1 is 1.29 bits per heavy atom. The van der Waals surface area contributed by atoms with E-state index in [4.69, 9.17) is 4.74 Å². The summed E-state index contributed by atoms with van der Waals surface area (Å²) >= 11 is 3.34. The van der Waals surface area contributed by atoms with Gasteiger partial charge in [-0.25, -0.2) is 4.39 Å². The predicted octanol–water partition coefficient (Wildman–Crippen LogP) is 4.30. The van der Waals surface area contributed by atoms with E-state index in [1.54, 1.807) is 12.1 Å². The van der Waals surface area contributed by atoms with Crippen molar-refractivity contribution in [2.75, 3.05) is 11.9 Å². The number of rotatable bonds is 5. The molecule has 2 aromatic carbocycles. The van der Waals surface area contributed by atoms with Gasteiger partial charge in [0, 0.05) is 4.47 Å². The Balaban J connectivity index is 1.84. The van der Waals surface area contributed by atoms with E-state index in [0.717, 1.165) is 10.0 Å². The first kappa shape index (κ1) is 15.5. The molecule has 0 fully saturated rings. The SMILES string of the molecule is Cc1ccc(F)c(NC(=O)CCOc2cccc(Br)c2)c1. The topological polar surface area (TPSA) is 38.3 Å². The number of ether oxygens (including phenoxy) is 1. The fourth-order valence-corrected chi connectivity index (χ4v) is 2.14. The number of aryl methyl sites for hydroxylation is 1. The molecule has 0 saturated heterocycles. The van der Waals surface area contributed by atoms with Crippen molar-refractivity contribution in [3.8, 4) is 5.75 Å². The van der Waals surface area contributed by atoms with E-state index in [2.05, 4.69) is 21.2 Å². The van der Waals surface area contributed by atoms with Crippen molar-refractivity contribution in [3.05, 3.63) is 58.3 Å². The number of carbonyl (C=O) groups is 1. The largest absolute Gasteiger partial charge is 0.493 e. The van der Waals surface area contributed by atoms with Crippen LogP contribution in [0.1, 0.15) is 12.0 Å². The summed E-state index contributed by atoms with van der Waals surface area (Å²) in [5.74, 6) is -0.0460. The van der Waals surface area contributed by atoms with E-state index in [9.17, 15) is 9.18 Å². The average Bonchev–Trinajstić information content (AvgIpc) is 2.43. The first-order chi connectivity index (χ1) is 10.0. The molecule has 0 atom stereocenters. The van der Waals surface area contributed by atoms with Crippen LogP contribution in [0.15, 0.2) is 46.9 Å². The van der Waals surface area contributed by atoms with Crippen molar-refractivity contribution >= 4 is 27.5 Å². The maximum atomic E-state index is 13.5. The third kappa shape index (κ3) is 4.86. The summed E-state index contributed by atoms with van der Waals surface area (Å²) in [5.41, 5.74) is 1.08. The predicted molar refractivity (Wildman–Crippen MR) is 84.0 cm³/mol. The maximum absolute atomic E-state index is 13.5. The molecule has 0 heterocycles. The zero-order valence-electron chi connectivity index (χ0n) is 11.5. The molecule has 0 spiro atoms. The van der Waals surface area contributed by atoms with Crippen LogP contribution in [0.4, 0.5) is 10.1 Å². The second kappa shape index (κ2) is 7.22. The Bertz CT molecular complexity index is 646. The summed E-state index contributed by atoms with van der Waals surface area (Å²) < 4.78 is 19.9. The first-order valence-corrected chi connectivity index (χ1v) is 7.28. The molecule has 0 aliphatic carbocycles. The van der Waals surface area contributed by atoms with Gasteiger partial charge in [-0.05, 0) is 42.8 Å². The van der Waals surface area contributed by atoms with Crippen molar-refractivity contribution in [2.24, 2.45) is 0 Å². The fourth-order valence-electron chi connectivity index (χ4n) is 1.77. The van der Waals surface area contributed by atoms with Gasteiger partial charge in [0.1, 0.15) is 11.6 Å². The lowest BCUT2D eigenvalue weighted by Crippen LogP contribution is -2.16. The van der Waals surface area contributed by atoms with Gasteiger partial charge in [-0.3, -0.25) is 4.79 Å². The zero-order valence-corrected chi connectivity index (χ0v) is 13.1. The first-order valence-electron chi connectivity index (χ1n) is 6.49. The minimum absolute atomic E-state index is 0.153. The summed E-state index contributed by atoms with van der Waals surface area (Å²) in [5, 5.41) is 2.55. The number of hydrogen-bond acceptors (Lipinski definition) is 2. The molecule has 1 N–H and O–H groups in total. The van der Waals surface area contributed by atoms with E-state index >= 15 is 0 Å². The molecule has 0 aliphatic heterocycles. The van der Waals surface area contributed by atoms with Crippen LogP contribution in [0, 0.1) is 12.7 Å². The van der Waals surface area contributed by atoms with Gasteiger partial charge in [0.25, 0.3) is 0 Å². The van der Waals surface area contributed by atoms with Crippen LogP contribution >= 0.6 is 15.9 Å². The standard InChI is InChI=1S/C16H15BrFNO2/c1-11-5-6-14(18)15(9-11)19-16(20)7-8-21-13-4-2-3-12(17)10-13/h2-6,9-10H,7-8H2,1H3,(H,19,20). The Kier molecular flexibility index (Phi) is 5.33. The van der Waals surface area contributed by atoms with Crippen molar-refractivity contribution in [1.29, 1.82) is 0 Å². The quantitative estimate of drug-likeness (QED) is 0.871. The van der Waals surface area contributed by atoms with E-state index in [1.807, 2.05) is 31.2 Å². The minimum atomic E-state index is -0.443. The molecule has 0 saturated carbocycles. The molecular formula is C16H15BrFNO2. The number of hydrogen-bond donors (Lipinski definition) is 1. The fraction of sp³-hybridized carbons (Fsp3) is 0.188. The van der Waals surface area contributed by atoms with Gasteiger partial charge >= 0.3 is 0 Å². The Hall–Kier alpha value is -1.88. The smallest absolute Gasteiger partial charge is 0.227 e. The van der Waals surface area contributed by atoms with Gasteiger partial charge in [-0.15, -0.1) is 0 Å². The van der Waals surface area contributed by atoms with Gasteiger partial charge < -0.3 is 10.1 Å². The third-order valence-electron chi connectivity index (χ3n) is 2.79. The van der Waals surface area contributed by atoms with Crippen molar-refractivity contribution in [2.45, 2.75) is 13.3 Å².